The van der Waals surface area contributed by atoms with Crippen LogP contribution in [0.4, 0.5) is 0 Å². The zero-order valence-electron chi connectivity index (χ0n) is 10.8. The van der Waals surface area contributed by atoms with Gasteiger partial charge in [0, 0.05) is 10.5 Å². The first kappa shape index (κ1) is 11.9. The van der Waals surface area contributed by atoms with Crippen molar-refractivity contribution in [3.05, 3.63) is 48.5 Å². The summed E-state index contributed by atoms with van der Waals surface area (Å²) in [6.45, 7) is 0. The second kappa shape index (κ2) is 4.61. The van der Waals surface area contributed by atoms with E-state index in [0.29, 0.717) is 0 Å². The number of fused-ring (bicyclic) bond motifs is 3. The Hall–Kier alpha value is -1.85. The molecule has 2 aromatic carbocycles. The smallest absolute Gasteiger partial charge is 0.229 e. The summed E-state index contributed by atoms with van der Waals surface area (Å²) in [5.74, 6) is 0.778. The van der Waals surface area contributed by atoms with E-state index in [4.69, 9.17) is 0 Å². The first-order chi connectivity index (χ1) is 9.85. The Balaban J connectivity index is 1.87. The summed E-state index contributed by atoms with van der Waals surface area (Å²) in [6.07, 6.45) is 2.08. The third kappa shape index (κ3) is 1.82. The summed E-state index contributed by atoms with van der Waals surface area (Å²) in [7, 11) is 0. The molecule has 0 saturated heterocycles. The van der Waals surface area contributed by atoms with Gasteiger partial charge in [-0.3, -0.25) is 0 Å². The molecule has 0 aliphatic rings. The minimum Gasteiger partial charge on any atom is -0.229 e. The van der Waals surface area contributed by atoms with Crippen LogP contribution in [0.5, 0.6) is 0 Å². The molecule has 0 radical (unpaired) electrons. The van der Waals surface area contributed by atoms with Gasteiger partial charge < -0.3 is 0 Å². The Labute approximate surface area is 124 Å². The number of thioether (sulfide) groups is 1. The van der Waals surface area contributed by atoms with Crippen molar-refractivity contribution in [1.82, 2.24) is 13.8 Å². The molecule has 2 aromatic heterocycles. The maximum absolute atomic E-state index is 4.64. The van der Waals surface area contributed by atoms with Gasteiger partial charge in [0.05, 0.1) is 11.0 Å². The molecule has 0 unspecified atom stereocenters. The van der Waals surface area contributed by atoms with Crippen molar-refractivity contribution in [3.8, 4) is 10.6 Å². The molecule has 0 aliphatic carbocycles. The molecule has 0 amide bonds. The van der Waals surface area contributed by atoms with Crippen LogP contribution in [-0.2, 0) is 0 Å². The highest BCUT2D eigenvalue weighted by molar-refractivity contribution is 7.98. The van der Waals surface area contributed by atoms with Crippen LogP contribution in [0, 0.1) is 0 Å². The highest BCUT2D eigenvalue weighted by Crippen LogP contribution is 2.28. The van der Waals surface area contributed by atoms with Crippen molar-refractivity contribution in [1.29, 1.82) is 0 Å². The molecule has 0 fully saturated rings. The molecule has 0 atom stereocenters. The number of nitrogens with zero attached hydrogens (tertiary/aromatic N) is 3. The lowest BCUT2D eigenvalue weighted by Crippen LogP contribution is -1.77. The van der Waals surface area contributed by atoms with E-state index in [1.807, 2.05) is 18.2 Å². The summed E-state index contributed by atoms with van der Waals surface area (Å²) < 4.78 is 2.09. The number of benzene rings is 2. The molecule has 3 nitrogen and oxygen atoms in total. The van der Waals surface area contributed by atoms with Crippen LogP contribution in [0.2, 0.25) is 0 Å². The van der Waals surface area contributed by atoms with Crippen molar-refractivity contribution in [2.45, 2.75) is 4.90 Å². The number of rotatable bonds is 2. The SMILES string of the molecule is CSc1ccc(-c2nc3nc4ccccc4n3s2)cc1. The Kier molecular flexibility index (Phi) is 2.75. The summed E-state index contributed by atoms with van der Waals surface area (Å²) >= 11 is 3.38. The average molecular weight is 297 g/mol. The number of hydrogen-bond donors (Lipinski definition) is 0. The normalized spacial score (nSPS) is 11.4. The zero-order chi connectivity index (χ0) is 13.5. The molecule has 4 aromatic rings. The predicted octanol–water partition coefficient (Wildman–Crippen LogP) is 4.33. The van der Waals surface area contributed by atoms with Gasteiger partial charge in [0.15, 0.2) is 0 Å². The first-order valence-electron chi connectivity index (χ1n) is 6.24. The van der Waals surface area contributed by atoms with Gasteiger partial charge in [-0.2, -0.15) is 4.98 Å². The number of aromatic nitrogens is 3. The largest absolute Gasteiger partial charge is 0.246 e. The zero-order valence-corrected chi connectivity index (χ0v) is 12.4. The molecule has 4 rings (SSSR count). The van der Waals surface area contributed by atoms with E-state index in [1.165, 1.54) is 4.90 Å². The molecule has 0 aliphatic heterocycles. The van der Waals surface area contributed by atoms with Crippen LogP contribution in [0.15, 0.2) is 53.4 Å². The van der Waals surface area contributed by atoms with E-state index < -0.39 is 0 Å². The molecule has 98 valence electrons. The van der Waals surface area contributed by atoms with Gasteiger partial charge in [0.25, 0.3) is 0 Å². The minimum atomic E-state index is 0.778. The fourth-order valence-corrected chi connectivity index (χ4v) is 3.56. The maximum Gasteiger partial charge on any atom is 0.246 e. The lowest BCUT2D eigenvalue weighted by Gasteiger charge is -1.97. The molecule has 0 bridgehead atoms. The van der Waals surface area contributed by atoms with Crippen LogP contribution in [-0.4, -0.2) is 20.0 Å². The van der Waals surface area contributed by atoms with Gasteiger partial charge in [-0.25, -0.2) is 8.77 Å². The highest BCUT2D eigenvalue weighted by atomic mass is 32.2. The number of para-hydroxylation sites is 2. The van der Waals surface area contributed by atoms with Gasteiger partial charge in [-0.15, -0.1) is 11.8 Å². The summed E-state index contributed by atoms with van der Waals surface area (Å²) in [6, 6.07) is 16.6. The Morgan fingerprint density at radius 1 is 1.00 bits per heavy atom. The van der Waals surface area contributed by atoms with Crippen LogP contribution in [0.3, 0.4) is 0 Å². The van der Waals surface area contributed by atoms with Crippen LogP contribution in [0.25, 0.3) is 27.4 Å². The fraction of sp³-hybridized carbons (Fsp3) is 0.0667. The van der Waals surface area contributed by atoms with Gasteiger partial charge >= 0.3 is 0 Å². The topological polar surface area (TPSA) is 30.2 Å². The first-order valence-corrected chi connectivity index (χ1v) is 8.24. The van der Waals surface area contributed by atoms with Crippen molar-refractivity contribution in [2.75, 3.05) is 6.26 Å². The second-order valence-corrected chi connectivity index (χ2v) is 6.25. The number of hydrogen-bond acceptors (Lipinski definition) is 4. The molecule has 0 spiro atoms. The highest BCUT2D eigenvalue weighted by Gasteiger charge is 2.11. The van der Waals surface area contributed by atoms with E-state index in [-0.39, 0.29) is 0 Å². The van der Waals surface area contributed by atoms with E-state index >= 15 is 0 Å². The van der Waals surface area contributed by atoms with Gasteiger partial charge in [0.2, 0.25) is 5.78 Å². The lowest BCUT2D eigenvalue weighted by atomic mass is 10.2. The quantitative estimate of drug-likeness (QED) is 0.516. The van der Waals surface area contributed by atoms with E-state index in [0.717, 1.165) is 27.4 Å². The van der Waals surface area contributed by atoms with Gasteiger partial charge in [-0.05, 0) is 42.1 Å². The summed E-state index contributed by atoms with van der Waals surface area (Å²) in [5.41, 5.74) is 3.25. The Bertz CT molecular complexity index is 890. The summed E-state index contributed by atoms with van der Waals surface area (Å²) in [4.78, 5) is 10.5. The molecular formula is C15H11N3S2. The van der Waals surface area contributed by atoms with Crippen LogP contribution >= 0.6 is 23.3 Å². The van der Waals surface area contributed by atoms with Crippen molar-refractivity contribution in [2.24, 2.45) is 0 Å². The molecule has 2 heterocycles. The molecular weight excluding hydrogens is 286 g/mol. The fourth-order valence-electron chi connectivity index (χ4n) is 2.20. The second-order valence-electron chi connectivity index (χ2n) is 4.43. The molecule has 0 N–H and O–H groups in total. The Morgan fingerprint density at radius 3 is 2.60 bits per heavy atom. The number of imidazole rings is 1. The molecule has 0 saturated carbocycles. The van der Waals surface area contributed by atoms with Crippen molar-refractivity contribution >= 4 is 40.1 Å². The van der Waals surface area contributed by atoms with Crippen LogP contribution in [0.1, 0.15) is 0 Å². The minimum absolute atomic E-state index is 0.778. The third-order valence-corrected chi connectivity index (χ3v) is 5.00. The Morgan fingerprint density at radius 2 is 1.80 bits per heavy atom. The lowest BCUT2D eigenvalue weighted by molar-refractivity contribution is 1.29. The van der Waals surface area contributed by atoms with E-state index in [2.05, 4.69) is 50.3 Å². The van der Waals surface area contributed by atoms with Gasteiger partial charge in [-0.1, -0.05) is 24.3 Å². The van der Waals surface area contributed by atoms with Crippen LogP contribution < -0.4 is 0 Å². The molecule has 20 heavy (non-hydrogen) atoms. The predicted molar refractivity (Wildman–Crippen MR) is 85.6 cm³/mol. The average Bonchev–Trinajstić information content (AvgIpc) is 3.05. The molecule has 5 heteroatoms. The van der Waals surface area contributed by atoms with Gasteiger partial charge in [0.1, 0.15) is 5.01 Å². The standard InChI is InChI=1S/C15H11N3S2/c1-19-11-8-6-10(7-9-11)14-17-15-16-12-4-2-3-5-13(12)18(15)20-14/h2-9H,1H3. The summed E-state index contributed by atoms with van der Waals surface area (Å²) in [5, 5.41) is 1.01. The monoisotopic (exact) mass is 297 g/mol. The van der Waals surface area contributed by atoms with E-state index in [9.17, 15) is 0 Å². The maximum atomic E-state index is 4.64. The third-order valence-electron chi connectivity index (χ3n) is 3.22. The van der Waals surface area contributed by atoms with Crippen molar-refractivity contribution < 1.29 is 0 Å². The van der Waals surface area contributed by atoms with E-state index in [1.54, 1.807) is 23.3 Å². The van der Waals surface area contributed by atoms with Crippen molar-refractivity contribution in [3.63, 3.8) is 0 Å².